The molecule has 8 nitrogen and oxygen atoms in total. The van der Waals surface area contributed by atoms with Gasteiger partial charge in [-0.3, -0.25) is 14.4 Å². The summed E-state index contributed by atoms with van der Waals surface area (Å²) >= 11 is 0. The number of rotatable bonds is 3. The van der Waals surface area contributed by atoms with E-state index in [4.69, 9.17) is 18.9 Å². The van der Waals surface area contributed by atoms with E-state index < -0.39 is 35.3 Å². The second-order valence-corrected chi connectivity index (χ2v) is 9.09. The van der Waals surface area contributed by atoms with Gasteiger partial charge in [0.1, 0.15) is 18.3 Å². The predicted octanol–water partition coefficient (Wildman–Crippen LogP) is 4.28. The third-order valence-corrected chi connectivity index (χ3v) is 6.28. The fraction of sp³-hybridized carbons (Fsp3) is 0.710. The third kappa shape index (κ3) is 13.7. The zero-order chi connectivity index (χ0) is 31.9. The van der Waals surface area contributed by atoms with Crippen LogP contribution in [0, 0.1) is 62.2 Å². The quantitative estimate of drug-likeness (QED) is 0.408. The lowest BCUT2D eigenvalue weighted by Crippen LogP contribution is -2.62. The Morgan fingerprint density at radius 1 is 0.897 bits per heavy atom. The number of terminal acetylenes is 3. The van der Waals surface area contributed by atoms with Crippen molar-refractivity contribution in [3.8, 4) is 38.5 Å². The monoisotopic (exact) mass is 551 g/mol. The van der Waals surface area contributed by atoms with Crippen molar-refractivity contribution in [2.24, 2.45) is 29.4 Å². The molecule has 7 atom stereocenters. The summed E-state index contributed by atoms with van der Waals surface area (Å²) in [4.78, 5) is 37.8. The zero-order valence-electron chi connectivity index (χ0n) is 25.8. The Bertz CT molecular complexity index is 729. The molecule has 39 heavy (non-hydrogen) atoms. The van der Waals surface area contributed by atoms with Gasteiger partial charge in [0.05, 0.1) is 24.2 Å². The molecule has 2 aliphatic rings. The summed E-state index contributed by atoms with van der Waals surface area (Å²) in [6.07, 6.45) is 25.4. The molecule has 0 spiro atoms. The normalized spacial score (nSPS) is 30.1. The summed E-state index contributed by atoms with van der Waals surface area (Å²) < 4.78 is 22.5. The van der Waals surface area contributed by atoms with E-state index in [-0.39, 0.29) is 36.6 Å². The minimum atomic E-state index is -0.986. The van der Waals surface area contributed by atoms with Crippen LogP contribution in [0.3, 0.4) is 0 Å². The smallest absolute Gasteiger partial charge is 0.314 e. The molecule has 2 aliphatic heterocycles. The average molecular weight is 552 g/mol. The van der Waals surface area contributed by atoms with Crippen molar-refractivity contribution in [3.63, 3.8) is 0 Å². The number of carbonyl (C=O) groups excluding carboxylic acids is 3. The Morgan fingerprint density at radius 2 is 1.38 bits per heavy atom. The molecule has 2 heterocycles. The first kappa shape index (κ1) is 43.2. The number of carbonyl (C=O) groups is 3. The standard InChI is InChI=1S/C22H36O7.C2H6.3C2H2.CH5N/c1-12(2)28-17-9-8-16(26-7)10-13(3)19(23)15(5)18-21(25)29-22(18,6)11-27-20(24)14(17)4;5*1-2/h12-18H,8-11H2,1-7H3;1-2H3;3*1-2H;2H2,1H3/t13-,14-,15-,16+,17+,18?,22-;;;;;/m1...../s1. The largest absolute Gasteiger partial charge is 0.461 e. The number of hydrogen-bond acceptors (Lipinski definition) is 8. The van der Waals surface area contributed by atoms with Gasteiger partial charge in [-0.05, 0) is 54.0 Å². The van der Waals surface area contributed by atoms with E-state index in [1.807, 2.05) is 34.6 Å². The Morgan fingerprint density at radius 3 is 1.79 bits per heavy atom. The molecule has 0 aromatic carbocycles. The van der Waals surface area contributed by atoms with Gasteiger partial charge in [-0.25, -0.2) is 0 Å². The van der Waals surface area contributed by atoms with E-state index in [1.165, 1.54) is 7.05 Å². The van der Waals surface area contributed by atoms with Crippen LogP contribution in [0.1, 0.15) is 74.7 Å². The van der Waals surface area contributed by atoms with Gasteiger partial charge in [0.25, 0.3) is 0 Å². The van der Waals surface area contributed by atoms with Crippen molar-refractivity contribution in [2.75, 3.05) is 20.8 Å². The highest BCUT2D eigenvalue weighted by atomic mass is 16.6. The molecule has 0 radical (unpaired) electrons. The summed E-state index contributed by atoms with van der Waals surface area (Å²) in [5, 5.41) is 0. The fourth-order valence-electron chi connectivity index (χ4n) is 4.49. The Kier molecular flexibility index (Phi) is 26.9. The van der Waals surface area contributed by atoms with Gasteiger partial charge in [0.2, 0.25) is 0 Å². The molecule has 0 aliphatic carbocycles. The number of fused-ring (bicyclic) bond motifs is 1. The van der Waals surface area contributed by atoms with Crippen molar-refractivity contribution < 1.29 is 33.3 Å². The molecule has 224 valence electrons. The van der Waals surface area contributed by atoms with E-state index in [9.17, 15) is 14.4 Å². The van der Waals surface area contributed by atoms with E-state index in [0.29, 0.717) is 19.3 Å². The van der Waals surface area contributed by atoms with Crippen LogP contribution in [0.2, 0.25) is 0 Å². The van der Waals surface area contributed by atoms with Crippen LogP contribution in [0.4, 0.5) is 0 Å². The minimum absolute atomic E-state index is 0.00617. The van der Waals surface area contributed by atoms with Crippen molar-refractivity contribution in [3.05, 3.63) is 0 Å². The predicted molar refractivity (Wildman–Crippen MR) is 157 cm³/mol. The van der Waals surface area contributed by atoms with Gasteiger partial charge < -0.3 is 24.7 Å². The molecule has 1 unspecified atom stereocenters. The highest BCUT2D eigenvalue weighted by Gasteiger charge is 2.58. The first-order chi connectivity index (χ1) is 18.5. The molecule has 0 amide bonds. The third-order valence-electron chi connectivity index (χ3n) is 6.28. The molecule has 2 N–H and O–H groups in total. The molecule has 8 heteroatoms. The van der Waals surface area contributed by atoms with Crippen LogP contribution in [0.25, 0.3) is 0 Å². The number of esters is 2. The Labute approximate surface area is 238 Å². The van der Waals surface area contributed by atoms with Gasteiger partial charge in [0, 0.05) is 18.9 Å². The van der Waals surface area contributed by atoms with Gasteiger partial charge in [-0.2, -0.15) is 0 Å². The van der Waals surface area contributed by atoms with Crippen LogP contribution in [-0.4, -0.2) is 62.4 Å². The van der Waals surface area contributed by atoms with E-state index in [2.05, 4.69) is 44.3 Å². The number of ether oxygens (including phenoxy) is 4. The fourth-order valence-corrected chi connectivity index (χ4v) is 4.49. The first-order valence-electron chi connectivity index (χ1n) is 13.2. The number of ketones is 1. The second-order valence-electron chi connectivity index (χ2n) is 9.09. The maximum atomic E-state index is 13.0. The van der Waals surface area contributed by atoms with E-state index in [0.717, 1.165) is 0 Å². The number of cyclic esters (lactones) is 1. The molecule has 0 aromatic heterocycles. The SMILES string of the molecule is C#C.C#C.C#C.CC.CN.CO[C@H]1CC[C@H](OC(C)C)[C@@H](C)C(=O)OC[C@@]2(C)OC(=O)C2[C@@H](C)C(=O)[C@H](C)C1. The molecule has 0 bridgehead atoms. The van der Waals surface area contributed by atoms with Crippen LogP contribution >= 0.6 is 0 Å². The molecule has 0 aromatic rings. The molecular formula is C31H53NO7. The maximum Gasteiger partial charge on any atom is 0.314 e. The van der Waals surface area contributed by atoms with Crippen molar-refractivity contribution in [1.82, 2.24) is 0 Å². The molecule has 0 saturated carbocycles. The Balaban J connectivity index is -0.000000549. The lowest BCUT2D eigenvalue weighted by Gasteiger charge is -2.47. The molecular weight excluding hydrogens is 498 g/mol. The summed E-state index contributed by atoms with van der Waals surface area (Å²) in [5.41, 5.74) is 3.51. The average Bonchev–Trinajstić information content (AvgIpc) is 2.96. The van der Waals surface area contributed by atoms with Crippen LogP contribution < -0.4 is 5.73 Å². The second kappa shape index (κ2) is 24.2. The van der Waals surface area contributed by atoms with Crippen LogP contribution in [0.15, 0.2) is 0 Å². The summed E-state index contributed by atoms with van der Waals surface area (Å²) in [5.74, 6) is -2.64. The lowest BCUT2D eigenvalue weighted by molar-refractivity contribution is -0.228. The molecule has 2 fully saturated rings. The lowest BCUT2D eigenvalue weighted by atomic mass is 9.71. The molecule has 2 rings (SSSR count). The summed E-state index contributed by atoms with van der Waals surface area (Å²) in [6, 6.07) is 0. The summed E-state index contributed by atoms with van der Waals surface area (Å²) in [7, 11) is 3.13. The summed E-state index contributed by atoms with van der Waals surface area (Å²) in [6.45, 7) is 14.9. The Hall–Kier alpha value is -2.83. The highest BCUT2D eigenvalue weighted by molar-refractivity contribution is 5.91. The zero-order valence-corrected chi connectivity index (χ0v) is 25.8. The van der Waals surface area contributed by atoms with Crippen LogP contribution in [-0.2, 0) is 33.3 Å². The number of methoxy groups -OCH3 is 1. The van der Waals surface area contributed by atoms with Gasteiger partial charge in [0.15, 0.2) is 5.60 Å². The van der Waals surface area contributed by atoms with Gasteiger partial charge in [-0.1, -0.05) is 27.7 Å². The minimum Gasteiger partial charge on any atom is -0.461 e. The number of hydrogen-bond donors (Lipinski definition) is 1. The van der Waals surface area contributed by atoms with Gasteiger partial charge >= 0.3 is 11.9 Å². The molecule has 2 saturated heterocycles. The van der Waals surface area contributed by atoms with Gasteiger partial charge in [-0.15, -0.1) is 38.5 Å². The number of nitrogens with two attached hydrogens (primary N) is 1. The van der Waals surface area contributed by atoms with Crippen molar-refractivity contribution >= 4 is 17.7 Å². The van der Waals surface area contributed by atoms with Crippen molar-refractivity contribution in [1.29, 1.82) is 0 Å². The first-order valence-corrected chi connectivity index (χ1v) is 13.2. The maximum absolute atomic E-state index is 13.0. The van der Waals surface area contributed by atoms with Crippen molar-refractivity contribution in [2.45, 2.75) is 98.6 Å². The highest BCUT2D eigenvalue weighted by Crippen LogP contribution is 2.41. The van der Waals surface area contributed by atoms with E-state index in [1.54, 1.807) is 27.9 Å². The van der Waals surface area contributed by atoms with Crippen LogP contribution in [0.5, 0.6) is 0 Å². The van der Waals surface area contributed by atoms with E-state index >= 15 is 0 Å². The number of Topliss-reactive ketones (excluding diaryl/α,β-unsaturated/α-hetero) is 1. The topological polar surface area (TPSA) is 114 Å².